The number of aliphatic hydroxyl groups excluding tert-OH is 4. The highest BCUT2D eigenvalue weighted by atomic mass is 16.4. The zero-order valence-corrected chi connectivity index (χ0v) is 9.28. The second-order valence-electron chi connectivity index (χ2n) is 4.57. The van der Waals surface area contributed by atoms with Gasteiger partial charge in [-0.2, -0.15) is 0 Å². The molecule has 0 amide bonds. The molecule has 5 heteroatoms. The van der Waals surface area contributed by atoms with Crippen LogP contribution in [0.4, 0.5) is 0 Å². The first-order valence-electron chi connectivity index (χ1n) is 5.08. The standard InChI is InChI=1S/C11H18O5/c1-11(2,16)4-3-6-5-7(12)9(14)10(15)8(6)13/h3-5,7-10,12-16H,1-2H3/b4-3+/t7-,8+,9-,10+/m1/s1. The van der Waals surface area contributed by atoms with E-state index in [4.69, 9.17) is 0 Å². The molecule has 5 N–H and O–H groups in total. The van der Waals surface area contributed by atoms with E-state index in [1.165, 1.54) is 18.2 Å². The van der Waals surface area contributed by atoms with Gasteiger partial charge in [0.05, 0.1) is 5.60 Å². The third-order valence-corrected chi connectivity index (χ3v) is 2.41. The van der Waals surface area contributed by atoms with E-state index >= 15 is 0 Å². The van der Waals surface area contributed by atoms with Crippen LogP contribution < -0.4 is 0 Å². The normalized spacial score (nSPS) is 36.6. The van der Waals surface area contributed by atoms with Crippen LogP contribution in [0.15, 0.2) is 23.8 Å². The van der Waals surface area contributed by atoms with Gasteiger partial charge in [-0.3, -0.25) is 0 Å². The molecule has 0 aromatic heterocycles. The molecule has 0 saturated carbocycles. The lowest BCUT2D eigenvalue weighted by Gasteiger charge is -2.31. The molecule has 0 aromatic carbocycles. The van der Waals surface area contributed by atoms with Gasteiger partial charge in [0.1, 0.15) is 24.4 Å². The van der Waals surface area contributed by atoms with Gasteiger partial charge in [0.15, 0.2) is 0 Å². The minimum atomic E-state index is -1.43. The van der Waals surface area contributed by atoms with E-state index in [0.29, 0.717) is 0 Å². The SMILES string of the molecule is CC(C)(O)/C=C/C1=C[C@@H](O)[C@@H](O)[C@@H](O)[C@H]1O. The fraction of sp³-hybridized carbons (Fsp3) is 0.636. The van der Waals surface area contributed by atoms with Crippen LogP contribution in [-0.2, 0) is 0 Å². The van der Waals surface area contributed by atoms with Gasteiger partial charge in [0.2, 0.25) is 0 Å². The lowest BCUT2D eigenvalue weighted by Crippen LogP contribution is -2.48. The van der Waals surface area contributed by atoms with Crippen molar-refractivity contribution in [2.24, 2.45) is 0 Å². The van der Waals surface area contributed by atoms with Crippen LogP contribution in [0.2, 0.25) is 0 Å². The van der Waals surface area contributed by atoms with E-state index in [0.717, 1.165) is 0 Å². The largest absolute Gasteiger partial charge is 0.387 e. The minimum absolute atomic E-state index is 0.271. The summed E-state index contributed by atoms with van der Waals surface area (Å²) < 4.78 is 0. The average molecular weight is 230 g/mol. The fourth-order valence-corrected chi connectivity index (χ4v) is 1.43. The Morgan fingerprint density at radius 1 is 1.12 bits per heavy atom. The van der Waals surface area contributed by atoms with Gasteiger partial charge in [-0.1, -0.05) is 12.2 Å². The molecule has 0 aromatic rings. The summed E-state index contributed by atoms with van der Waals surface area (Å²) >= 11 is 0. The second kappa shape index (κ2) is 4.65. The molecule has 0 heterocycles. The van der Waals surface area contributed by atoms with Crippen molar-refractivity contribution >= 4 is 0 Å². The molecule has 0 spiro atoms. The Hall–Kier alpha value is -0.720. The molecule has 0 fully saturated rings. The highest BCUT2D eigenvalue weighted by Crippen LogP contribution is 2.22. The first-order valence-corrected chi connectivity index (χ1v) is 5.08. The predicted molar refractivity (Wildman–Crippen MR) is 57.5 cm³/mol. The summed E-state index contributed by atoms with van der Waals surface area (Å²) in [6.07, 6.45) is -1.21. The molecular formula is C11H18O5. The minimum Gasteiger partial charge on any atom is -0.387 e. The smallest absolute Gasteiger partial charge is 0.113 e. The lowest BCUT2D eigenvalue weighted by molar-refractivity contribution is -0.0913. The summed E-state index contributed by atoms with van der Waals surface area (Å²) in [7, 11) is 0. The Kier molecular flexibility index (Phi) is 3.88. The van der Waals surface area contributed by atoms with Crippen LogP contribution in [0.1, 0.15) is 13.8 Å². The third-order valence-electron chi connectivity index (χ3n) is 2.41. The molecular weight excluding hydrogens is 212 g/mol. The van der Waals surface area contributed by atoms with Gasteiger partial charge < -0.3 is 25.5 Å². The van der Waals surface area contributed by atoms with Gasteiger partial charge in [-0.25, -0.2) is 0 Å². The van der Waals surface area contributed by atoms with Gasteiger partial charge in [-0.15, -0.1) is 0 Å². The van der Waals surface area contributed by atoms with E-state index in [1.54, 1.807) is 13.8 Å². The van der Waals surface area contributed by atoms with Crippen molar-refractivity contribution in [3.8, 4) is 0 Å². The summed E-state index contributed by atoms with van der Waals surface area (Å²) in [5.41, 5.74) is -0.778. The first kappa shape index (κ1) is 13.3. The second-order valence-corrected chi connectivity index (χ2v) is 4.57. The third kappa shape index (κ3) is 3.13. The lowest BCUT2D eigenvalue weighted by atomic mass is 9.88. The van der Waals surface area contributed by atoms with Gasteiger partial charge in [0, 0.05) is 0 Å². The van der Waals surface area contributed by atoms with Crippen molar-refractivity contribution in [2.45, 2.75) is 43.9 Å². The van der Waals surface area contributed by atoms with Crippen LogP contribution in [0, 0.1) is 0 Å². The highest BCUT2D eigenvalue weighted by molar-refractivity contribution is 5.30. The van der Waals surface area contributed by atoms with Crippen molar-refractivity contribution in [3.63, 3.8) is 0 Å². The summed E-state index contributed by atoms with van der Waals surface area (Å²) in [6, 6.07) is 0. The molecule has 0 unspecified atom stereocenters. The molecule has 16 heavy (non-hydrogen) atoms. The molecule has 1 rings (SSSR count). The Morgan fingerprint density at radius 3 is 2.19 bits per heavy atom. The summed E-state index contributed by atoms with van der Waals surface area (Å²) in [5, 5.41) is 47.1. The zero-order valence-electron chi connectivity index (χ0n) is 9.28. The van der Waals surface area contributed by atoms with Gasteiger partial charge >= 0.3 is 0 Å². The van der Waals surface area contributed by atoms with Crippen molar-refractivity contribution in [1.29, 1.82) is 0 Å². The number of rotatable bonds is 2. The molecule has 1 aliphatic rings. The van der Waals surface area contributed by atoms with E-state index in [2.05, 4.69) is 0 Å². The van der Waals surface area contributed by atoms with Crippen LogP contribution >= 0.6 is 0 Å². The summed E-state index contributed by atoms with van der Waals surface area (Å²) in [5.74, 6) is 0. The fourth-order valence-electron chi connectivity index (χ4n) is 1.43. The first-order chi connectivity index (χ1) is 7.22. The van der Waals surface area contributed by atoms with Crippen LogP contribution in [-0.4, -0.2) is 55.5 Å². The highest BCUT2D eigenvalue weighted by Gasteiger charge is 2.35. The summed E-state index contributed by atoms with van der Waals surface area (Å²) in [6.45, 7) is 3.11. The van der Waals surface area contributed by atoms with E-state index in [-0.39, 0.29) is 5.57 Å². The van der Waals surface area contributed by atoms with Crippen LogP contribution in [0.3, 0.4) is 0 Å². The monoisotopic (exact) mass is 230 g/mol. The maximum atomic E-state index is 9.60. The van der Waals surface area contributed by atoms with Crippen molar-refractivity contribution in [1.82, 2.24) is 0 Å². The molecule has 4 atom stereocenters. The Morgan fingerprint density at radius 2 is 1.69 bits per heavy atom. The van der Waals surface area contributed by atoms with Crippen LogP contribution in [0.25, 0.3) is 0 Å². The predicted octanol–water partition coefficient (Wildman–Crippen LogP) is -1.30. The Bertz CT molecular complexity index is 302. The summed E-state index contributed by atoms with van der Waals surface area (Å²) in [4.78, 5) is 0. The maximum Gasteiger partial charge on any atom is 0.113 e. The molecule has 0 bridgehead atoms. The van der Waals surface area contributed by atoms with Gasteiger partial charge in [-0.05, 0) is 25.5 Å². The molecule has 0 radical (unpaired) electrons. The molecule has 1 aliphatic carbocycles. The molecule has 5 nitrogen and oxygen atoms in total. The molecule has 0 aliphatic heterocycles. The molecule has 0 saturated heterocycles. The van der Waals surface area contributed by atoms with E-state index < -0.39 is 30.0 Å². The number of hydrogen-bond acceptors (Lipinski definition) is 5. The van der Waals surface area contributed by atoms with E-state index in [1.807, 2.05) is 0 Å². The van der Waals surface area contributed by atoms with Crippen LogP contribution in [0.5, 0.6) is 0 Å². The maximum absolute atomic E-state index is 9.60. The molecule has 92 valence electrons. The zero-order chi connectivity index (χ0) is 12.5. The van der Waals surface area contributed by atoms with Crippen molar-refractivity contribution in [3.05, 3.63) is 23.8 Å². The quantitative estimate of drug-likeness (QED) is 0.406. The average Bonchev–Trinajstić information content (AvgIpc) is 2.17. The topological polar surface area (TPSA) is 101 Å². The van der Waals surface area contributed by atoms with E-state index in [9.17, 15) is 25.5 Å². The van der Waals surface area contributed by atoms with Gasteiger partial charge in [0.25, 0.3) is 0 Å². The Labute approximate surface area is 94.0 Å². The van der Waals surface area contributed by atoms with Crippen molar-refractivity contribution in [2.75, 3.05) is 0 Å². The Balaban J connectivity index is 2.88. The number of aliphatic hydroxyl groups is 5. The number of hydrogen-bond donors (Lipinski definition) is 5. The van der Waals surface area contributed by atoms with Crippen molar-refractivity contribution < 1.29 is 25.5 Å².